The average molecular weight is 340 g/mol. The second-order valence-corrected chi connectivity index (χ2v) is 5.31. The van der Waals surface area contributed by atoms with Crippen LogP contribution in [0, 0.1) is 0 Å². The molecular weight excluding hydrogens is 312 g/mol. The van der Waals surface area contributed by atoms with Crippen molar-refractivity contribution < 1.29 is 29.2 Å². The number of rotatable bonds is 13. The van der Waals surface area contributed by atoms with Gasteiger partial charge in [-0.15, -0.1) is 0 Å². The Morgan fingerprint density at radius 3 is 1.96 bits per heavy atom. The van der Waals surface area contributed by atoms with Gasteiger partial charge in [0.1, 0.15) is 0 Å². The number of unbranched alkanes of at least 4 members (excludes halogenated alkanes) is 4. The molecule has 0 atom stereocenters. The van der Waals surface area contributed by atoms with E-state index in [4.69, 9.17) is 19.3 Å². The molecular formula is C18H28O6. The van der Waals surface area contributed by atoms with Gasteiger partial charge in [-0.2, -0.15) is 0 Å². The van der Waals surface area contributed by atoms with Crippen molar-refractivity contribution in [1.82, 2.24) is 0 Å². The first kappa shape index (κ1) is 20.1. The van der Waals surface area contributed by atoms with Crippen LogP contribution in [0.1, 0.15) is 56.3 Å². The molecule has 0 aromatic heterocycles. The Hall–Kier alpha value is -1.95. The van der Waals surface area contributed by atoms with Crippen LogP contribution in [-0.2, 0) is 0 Å². The topological polar surface area (TPSA) is 85.2 Å². The molecule has 0 saturated heterocycles. The van der Waals surface area contributed by atoms with Crippen molar-refractivity contribution in [3.63, 3.8) is 0 Å². The lowest BCUT2D eigenvalue weighted by molar-refractivity contribution is 0.0695. The zero-order valence-electron chi connectivity index (χ0n) is 14.5. The average Bonchev–Trinajstić information content (AvgIpc) is 2.56. The maximum atomic E-state index is 11.2. The lowest BCUT2D eigenvalue weighted by atomic mass is 10.1. The normalized spacial score (nSPS) is 10.5. The van der Waals surface area contributed by atoms with Gasteiger partial charge in [-0.3, -0.25) is 0 Å². The highest BCUT2D eigenvalue weighted by Gasteiger charge is 2.18. The minimum atomic E-state index is -1.03. The fourth-order valence-electron chi connectivity index (χ4n) is 2.29. The zero-order chi connectivity index (χ0) is 17.8. The second-order valence-electron chi connectivity index (χ2n) is 5.31. The van der Waals surface area contributed by atoms with E-state index in [2.05, 4.69) is 0 Å². The molecule has 6 heteroatoms. The molecule has 0 amide bonds. The number of carbonyl (C=O) groups is 1. The number of ether oxygens (including phenoxy) is 3. The van der Waals surface area contributed by atoms with E-state index >= 15 is 0 Å². The minimum Gasteiger partial charge on any atom is -0.490 e. The molecule has 0 saturated carbocycles. The molecule has 0 unspecified atom stereocenters. The number of hydrogen-bond acceptors (Lipinski definition) is 5. The van der Waals surface area contributed by atoms with Gasteiger partial charge in [-0.1, -0.05) is 19.3 Å². The summed E-state index contributed by atoms with van der Waals surface area (Å²) in [7, 11) is 0. The van der Waals surface area contributed by atoms with Crippen LogP contribution in [0.5, 0.6) is 17.2 Å². The highest BCUT2D eigenvalue weighted by molar-refractivity contribution is 5.89. The molecule has 0 aliphatic carbocycles. The standard InChI is InChI=1S/C18H28O6/c1-3-22-15-12-14(18(20)21)13-16(23-4-2)17(15)24-11-9-7-5-6-8-10-19/h12-13,19H,3-11H2,1-2H3,(H,20,21). The number of benzene rings is 1. The third-order valence-electron chi connectivity index (χ3n) is 3.42. The van der Waals surface area contributed by atoms with Gasteiger partial charge in [0.2, 0.25) is 5.75 Å². The van der Waals surface area contributed by atoms with Gasteiger partial charge in [0.05, 0.1) is 25.4 Å². The summed E-state index contributed by atoms with van der Waals surface area (Å²) >= 11 is 0. The number of carboxylic acid groups (broad SMARTS) is 1. The van der Waals surface area contributed by atoms with Crippen LogP contribution in [0.25, 0.3) is 0 Å². The van der Waals surface area contributed by atoms with Crippen molar-refractivity contribution in [1.29, 1.82) is 0 Å². The van der Waals surface area contributed by atoms with Gasteiger partial charge in [0, 0.05) is 6.61 Å². The molecule has 0 heterocycles. The first-order valence-electron chi connectivity index (χ1n) is 8.54. The van der Waals surface area contributed by atoms with Crippen molar-refractivity contribution in [2.45, 2.75) is 46.0 Å². The molecule has 1 aromatic carbocycles. The van der Waals surface area contributed by atoms with E-state index in [0.29, 0.717) is 37.1 Å². The molecule has 0 radical (unpaired) electrons. The summed E-state index contributed by atoms with van der Waals surface area (Å²) in [5.74, 6) is 0.202. The molecule has 0 bridgehead atoms. The third kappa shape index (κ3) is 6.66. The fraction of sp³-hybridized carbons (Fsp3) is 0.611. The zero-order valence-corrected chi connectivity index (χ0v) is 14.5. The number of hydrogen-bond donors (Lipinski definition) is 2. The van der Waals surface area contributed by atoms with E-state index in [0.717, 1.165) is 32.1 Å². The van der Waals surface area contributed by atoms with Gasteiger partial charge < -0.3 is 24.4 Å². The van der Waals surface area contributed by atoms with E-state index < -0.39 is 5.97 Å². The summed E-state index contributed by atoms with van der Waals surface area (Å²) in [5.41, 5.74) is 0.109. The van der Waals surface area contributed by atoms with Crippen LogP contribution in [0.3, 0.4) is 0 Å². The number of aromatic carboxylic acids is 1. The largest absolute Gasteiger partial charge is 0.490 e. The van der Waals surface area contributed by atoms with Crippen molar-refractivity contribution in [3.05, 3.63) is 17.7 Å². The summed E-state index contributed by atoms with van der Waals surface area (Å²) in [5, 5.41) is 18.0. The van der Waals surface area contributed by atoms with Gasteiger partial charge in [-0.25, -0.2) is 4.79 Å². The molecule has 0 spiro atoms. The quantitative estimate of drug-likeness (QED) is 0.535. The number of aliphatic hydroxyl groups excluding tert-OH is 1. The number of aliphatic hydroxyl groups is 1. The monoisotopic (exact) mass is 340 g/mol. The van der Waals surface area contributed by atoms with Crippen molar-refractivity contribution >= 4 is 5.97 Å². The van der Waals surface area contributed by atoms with E-state index in [-0.39, 0.29) is 12.2 Å². The van der Waals surface area contributed by atoms with Crippen LogP contribution >= 0.6 is 0 Å². The highest BCUT2D eigenvalue weighted by Crippen LogP contribution is 2.39. The maximum Gasteiger partial charge on any atom is 0.335 e. The van der Waals surface area contributed by atoms with Gasteiger partial charge in [0.25, 0.3) is 0 Å². The summed E-state index contributed by atoms with van der Waals surface area (Å²) < 4.78 is 16.9. The number of carboxylic acids is 1. The molecule has 0 aliphatic rings. The van der Waals surface area contributed by atoms with Crippen LogP contribution in [0.4, 0.5) is 0 Å². The summed E-state index contributed by atoms with van der Waals surface area (Å²) in [4.78, 5) is 11.2. The Bertz CT molecular complexity index is 473. The molecule has 0 fully saturated rings. The van der Waals surface area contributed by atoms with E-state index in [1.165, 1.54) is 12.1 Å². The molecule has 1 aromatic rings. The predicted molar refractivity (Wildman–Crippen MR) is 91.4 cm³/mol. The Morgan fingerprint density at radius 1 is 0.917 bits per heavy atom. The van der Waals surface area contributed by atoms with Crippen LogP contribution < -0.4 is 14.2 Å². The van der Waals surface area contributed by atoms with Crippen LogP contribution in [0.15, 0.2) is 12.1 Å². The molecule has 136 valence electrons. The Labute approximate surface area is 143 Å². The smallest absolute Gasteiger partial charge is 0.335 e. The molecule has 24 heavy (non-hydrogen) atoms. The minimum absolute atomic E-state index is 0.109. The van der Waals surface area contributed by atoms with Crippen molar-refractivity contribution in [2.75, 3.05) is 26.4 Å². The molecule has 6 nitrogen and oxygen atoms in total. The molecule has 0 aliphatic heterocycles. The lowest BCUT2D eigenvalue weighted by Crippen LogP contribution is -2.07. The SMILES string of the molecule is CCOc1cc(C(=O)O)cc(OCC)c1OCCCCCCCO. The molecule has 2 N–H and O–H groups in total. The van der Waals surface area contributed by atoms with Crippen molar-refractivity contribution in [3.8, 4) is 17.2 Å². The van der Waals surface area contributed by atoms with Gasteiger partial charge in [0.15, 0.2) is 11.5 Å². The Kier molecular flexibility index (Phi) is 9.68. The van der Waals surface area contributed by atoms with Crippen molar-refractivity contribution in [2.24, 2.45) is 0 Å². The lowest BCUT2D eigenvalue weighted by Gasteiger charge is -2.17. The summed E-state index contributed by atoms with van der Waals surface area (Å²) in [6.45, 7) is 5.23. The van der Waals surface area contributed by atoms with E-state index in [9.17, 15) is 9.90 Å². The Balaban J connectivity index is 2.76. The highest BCUT2D eigenvalue weighted by atomic mass is 16.5. The van der Waals surface area contributed by atoms with Gasteiger partial charge in [-0.05, 0) is 38.8 Å². The first-order valence-corrected chi connectivity index (χ1v) is 8.54. The Morgan fingerprint density at radius 2 is 1.46 bits per heavy atom. The maximum absolute atomic E-state index is 11.2. The second kappa shape index (κ2) is 11.6. The fourth-order valence-corrected chi connectivity index (χ4v) is 2.29. The van der Waals surface area contributed by atoms with Crippen LogP contribution in [-0.4, -0.2) is 42.6 Å². The van der Waals surface area contributed by atoms with Crippen LogP contribution in [0.2, 0.25) is 0 Å². The van der Waals surface area contributed by atoms with E-state index in [1.807, 2.05) is 13.8 Å². The van der Waals surface area contributed by atoms with E-state index in [1.54, 1.807) is 0 Å². The molecule has 1 rings (SSSR count). The summed E-state index contributed by atoms with van der Waals surface area (Å²) in [6.07, 6.45) is 4.79. The predicted octanol–water partition coefficient (Wildman–Crippen LogP) is 3.50. The summed E-state index contributed by atoms with van der Waals surface area (Å²) in [6, 6.07) is 2.93. The first-order chi connectivity index (χ1) is 11.6. The van der Waals surface area contributed by atoms with Gasteiger partial charge >= 0.3 is 5.97 Å². The third-order valence-corrected chi connectivity index (χ3v) is 3.42.